The van der Waals surface area contributed by atoms with Gasteiger partial charge < -0.3 is 14.2 Å². The first-order valence-electron chi connectivity index (χ1n) is 9.64. The molecule has 3 heterocycles. The minimum absolute atomic E-state index is 0.145. The van der Waals surface area contributed by atoms with Crippen LogP contribution in [0.25, 0.3) is 11.3 Å². The molecule has 1 aromatic carbocycles. The molecule has 152 valence electrons. The summed E-state index contributed by atoms with van der Waals surface area (Å²) < 4.78 is 25.9. The van der Waals surface area contributed by atoms with Crippen LogP contribution in [0.1, 0.15) is 29.0 Å². The predicted molar refractivity (Wildman–Crippen MR) is 104 cm³/mol. The Labute approximate surface area is 168 Å². The van der Waals surface area contributed by atoms with Crippen LogP contribution in [0.2, 0.25) is 0 Å². The molecule has 3 aromatic rings. The van der Waals surface area contributed by atoms with Gasteiger partial charge in [-0.15, -0.1) is 0 Å². The Bertz CT molecular complexity index is 996. The fraction of sp³-hybridized carbons (Fsp3) is 0.381. The van der Waals surface area contributed by atoms with Crippen LogP contribution in [-0.4, -0.2) is 45.4 Å². The summed E-state index contributed by atoms with van der Waals surface area (Å²) in [4.78, 5) is 14.7. The first kappa shape index (κ1) is 19.2. The number of benzene rings is 1. The molecule has 1 fully saturated rings. The van der Waals surface area contributed by atoms with E-state index in [4.69, 9.17) is 9.26 Å². The number of hydrogen-bond donors (Lipinski definition) is 0. The number of amides is 1. The molecule has 4 rings (SSSR count). The van der Waals surface area contributed by atoms with Gasteiger partial charge in [-0.3, -0.25) is 9.48 Å². The van der Waals surface area contributed by atoms with Crippen molar-refractivity contribution in [2.45, 2.75) is 19.8 Å². The van der Waals surface area contributed by atoms with E-state index in [1.54, 1.807) is 34.0 Å². The molecule has 1 atom stereocenters. The minimum atomic E-state index is -0.291. The van der Waals surface area contributed by atoms with E-state index in [9.17, 15) is 9.18 Å². The van der Waals surface area contributed by atoms with Crippen molar-refractivity contribution >= 4 is 5.91 Å². The third-order valence-electron chi connectivity index (χ3n) is 5.34. The van der Waals surface area contributed by atoms with Crippen LogP contribution in [0.4, 0.5) is 4.39 Å². The number of piperidine rings is 1. The molecule has 1 aliphatic heterocycles. The first-order chi connectivity index (χ1) is 14.0. The number of aryl methyl sites for hydroxylation is 1. The van der Waals surface area contributed by atoms with Crippen LogP contribution in [0.3, 0.4) is 0 Å². The molecule has 2 aromatic heterocycles. The average molecular weight is 398 g/mol. The maximum absolute atomic E-state index is 13.0. The molecule has 1 aliphatic rings. The zero-order chi connectivity index (χ0) is 20.4. The maximum Gasteiger partial charge on any atom is 0.276 e. The van der Waals surface area contributed by atoms with Crippen molar-refractivity contribution in [1.29, 1.82) is 0 Å². The second-order valence-electron chi connectivity index (χ2n) is 7.37. The Balaban J connectivity index is 1.38. The van der Waals surface area contributed by atoms with Crippen molar-refractivity contribution in [3.63, 3.8) is 0 Å². The van der Waals surface area contributed by atoms with Crippen LogP contribution in [-0.2, 0) is 7.05 Å². The summed E-state index contributed by atoms with van der Waals surface area (Å²) in [5, 5.41) is 8.17. The zero-order valence-electron chi connectivity index (χ0n) is 16.5. The quantitative estimate of drug-likeness (QED) is 0.658. The standard InChI is InChI=1S/C21H23FN4O3/c1-14-18(11-23-25(14)2)20-10-19(24-29-20)21(27)26-9-3-4-15(12-26)13-28-17-7-5-16(22)6-8-17/h5-8,10-11,15H,3-4,9,12-13H2,1-2H3/t15-/m1/s1. The normalized spacial score (nSPS) is 16.8. The third-order valence-corrected chi connectivity index (χ3v) is 5.34. The van der Waals surface area contributed by atoms with Gasteiger partial charge in [-0.2, -0.15) is 5.10 Å². The SMILES string of the molecule is Cc1c(-c2cc(C(=O)N3CCC[C@@H](COc4ccc(F)cc4)C3)no2)cnn1C. The monoisotopic (exact) mass is 398 g/mol. The fourth-order valence-electron chi connectivity index (χ4n) is 3.54. The second kappa shape index (κ2) is 8.06. The number of nitrogens with zero attached hydrogens (tertiary/aromatic N) is 4. The molecule has 1 amide bonds. The smallest absolute Gasteiger partial charge is 0.276 e. The Hall–Kier alpha value is -3.16. The van der Waals surface area contributed by atoms with Gasteiger partial charge in [-0.1, -0.05) is 5.16 Å². The summed E-state index contributed by atoms with van der Waals surface area (Å²) in [6.45, 7) is 3.69. The summed E-state index contributed by atoms with van der Waals surface area (Å²) in [7, 11) is 1.85. The molecule has 0 spiro atoms. The van der Waals surface area contributed by atoms with Gasteiger partial charge in [0, 0.05) is 37.8 Å². The van der Waals surface area contributed by atoms with Crippen molar-refractivity contribution < 1.29 is 18.4 Å². The van der Waals surface area contributed by atoms with Crippen molar-refractivity contribution in [1.82, 2.24) is 19.8 Å². The van der Waals surface area contributed by atoms with E-state index in [-0.39, 0.29) is 17.6 Å². The summed E-state index contributed by atoms with van der Waals surface area (Å²) in [5.41, 5.74) is 2.06. The van der Waals surface area contributed by atoms with Crippen molar-refractivity contribution in [2.24, 2.45) is 13.0 Å². The van der Waals surface area contributed by atoms with Crippen LogP contribution >= 0.6 is 0 Å². The number of hydrogen-bond acceptors (Lipinski definition) is 5. The molecule has 0 N–H and O–H groups in total. The predicted octanol–water partition coefficient (Wildman–Crippen LogP) is 3.45. The number of rotatable bonds is 5. The Morgan fingerprint density at radius 2 is 2.14 bits per heavy atom. The Morgan fingerprint density at radius 3 is 2.86 bits per heavy atom. The van der Waals surface area contributed by atoms with E-state index in [1.807, 2.05) is 14.0 Å². The van der Waals surface area contributed by atoms with E-state index >= 15 is 0 Å². The van der Waals surface area contributed by atoms with Gasteiger partial charge in [0.15, 0.2) is 11.5 Å². The Morgan fingerprint density at radius 1 is 1.34 bits per heavy atom. The minimum Gasteiger partial charge on any atom is -0.493 e. The largest absolute Gasteiger partial charge is 0.493 e. The van der Waals surface area contributed by atoms with Crippen molar-refractivity contribution in [3.8, 4) is 17.1 Å². The highest BCUT2D eigenvalue weighted by Crippen LogP contribution is 2.25. The maximum atomic E-state index is 13.0. The molecule has 7 nitrogen and oxygen atoms in total. The summed E-state index contributed by atoms with van der Waals surface area (Å²) >= 11 is 0. The van der Waals surface area contributed by atoms with Gasteiger partial charge in [-0.25, -0.2) is 4.39 Å². The lowest BCUT2D eigenvalue weighted by Gasteiger charge is -2.32. The molecular formula is C21H23FN4O3. The molecular weight excluding hydrogens is 375 g/mol. The lowest BCUT2D eigenvalue weighted by atomic mass is 9.98. The third kappa shape index (κ3) is 4.16. The molecule has 0 bridgehead atoms. The van der Waals surface area contributed by atoms with E-state index in [1.165, 1.54) is 12.1 Å². The fourth-order valence-corrected chi connectivity index (χ4v) is 3.54. The molecule has 29 heavy (non-hydrogen) atoms. The molecule has 0 radical (unpaired) electrons. The van der Waals surface area contributed by atoms with Crippen molar-refractivity contribution in [2.75, 3.05) is 19.7 Å². The number of likely N-dealkylation sites (tertiary alicyclic amines) is 1. The summed E-state index contributed by atoms with van der Waals surface area (Å²) in [6.07, 6.45) is 3.58. The number of aromatic nitrogens is 3. The number of ether oxygens (including phenoxy) is 1. The summed E-state index contributed by atoms with van der Waals surface area (Å²) in [6, 6.07) is 7.64. The zero-order valence-corrected chi connectivity index (χ0v) is 16.5. The average Bonchev–Trinajstić information content (AvgIpc) is 3.34. The van der Waals surface area contributed by atoms with E-state index in [2.05, 4.69) is 10.3 Å². The van der Waals surface area contributed by atoms with Gasteiger partial charge in [0.2, 0.25) is 0 Å². The van der Waals surface area contributed by atoms with E-state index < -0.39 is 0 Å². The molecule has 0 aliphatic carbocycles. The summed E-state index contributed by atoms with van der Waals surface area (Å²) in [5.74, 6) is 0.938. The lowest BCUT2D eigenvalue weighted by Crippen LogP contribution is -2.41. The number of carbonyl (C=O) groups is 1. The van der Waals surface area contributed by atoms with E-state index in [0.717, 1.165) is 24.1 Å². The first-order valence-corrected chi connectivity index (χ1v) is 9.64. The van der Waals surface area contributed by atoms with Crippen LogP contribution in [0.5, 0.6) is 5.75 Å². The number of carbonyl (C=O) groups excluding carboxylic acids is 1. The van der Waals surface area contributed by atoms with Crippen LogP contribution in [0, 0.1) is 18.7 Å². The van der Waals surface area contributed by atoms with Gasteiger partial charge >= 0.3 is 0 Å². The topological polar surface area (TPSA) is 73.4 Å². The molecule has 0 unspecified atom stereocenters. The molecule has 0 saturated carbocycles. The van der Waals surface area contributed by atoms with Crippen LogP contribution < -0.4 is 4.74 Å². The Kier molecular flexibility index (Phi) is 5.33. The highest BCUT2D eigenvalue weighted by Gasteiger charge is 2.27. The van der Waals surface area contributed by atoms with Gasteiger partial charge in [0.25, 0.3) is 5.91 Å². The van der Waals surface area contributed by atoms with Gasteiger partial charge in [0.1, 0.15) is 11.6 Å². The van der Waals surface area contributed by atoms with Crippen LogP contribution in [0.15, 0.2) is 41.1 Å². The van der Waals surface area contributed by atoms with Crippen molar-refractivity contribution in [3.05, 3.63) is 53.7 Å². The highest BCUT2D eigenvalue weighted by molar-refractivity contribution is 5.93. The highest BCUT2D eigenvalue weighted by atomic mass is 19.1. The number of halogens is 1. The van der Waals surface area contributed by atoms with E-state index in [0.29, 0.717) is 36.9 Å². The molecule has 8 heteroatoms. The second-order valence-corrected chi connectivity index (χ2v) is 7.37. The van der Waals surface area contributed by atoms with Gasteiger partial charge in [-0.05, 0) is 44.0 Å². The lowest BCUT2D eigenvalue weighted by molar-refractivity contribution is 0.0623. The van der Waals surface area contributed by atoms with Gasteiger partial charge in [0.05, 0.1) is 18.4 Å². The molecule has 1 saturated heterocycles.